The molecule has 2 N–H and O–H groups in total. The summed E-state index contributed by atoms with van der Waals surface area (Å²) in [4.78, 5) is 26.6. The lowest BCUT2D eigenvalue weighted by molar-refractivity contribution is 0.163. The van der Waals surface area contributed by atoms with Crippen molar-refractivity contribution in [1.82, 2.24) is 30.3 Å². The highest BCUT2D eigenvalue weighted by atomic mass is 16.5. The number of nitrogens with zero attached hydrogens (tertiary/aromatic N) is 4. The Morgan fingerprint density at radius 2 is 2.29 bits per heavy atom. The molecule has 2 aromatic heterocycles. The van der Waals surface area contributed by atoms with Crippen molar-refractivity contribution in [2.24, 2.45) is 5.92 Å². The monoisotopic (exact) mass is 384 g/mol. The quantitative estimate of drug-likeness (QED) is 0.675. The summed E-state index contributed by atoms with van der Waals surface area (Å²) in [6, 6.07) is 7.91. The number of methoxy groups -OCH3 is 1. The second kappa shape index (κ2) is 8.39. The summed E-state index contributed by atoms with van der Waals surface area (Å²) in [7, 11) is 1.57. The third kappa shape index (κ3) is 4.30. The number of carbonyl (C=O) groups excluding carboxylic acids is 1. The lowest BCUT2D eigenvalue weighted by atomic mass is 9.95. The Morgan fingerprint density at radius 3 is 3.14 bits per heavy atom. The maximum absolute atomic E-state index is 12.5. The van der Waals surface area contributed by atoms with E-state index in [9.17, 15) is 4.79 Å². The third-order valence-corrected chi connectivity index (χ3v) is 4.90. The number of piperidine rings is 1. The zero-order valence-corrected chi connectivity index (χ0v) is 15.9. The minimum Gasteiger partial charge on any atom is -0.377 e. The van der Waals surface area contributed by atoms with E-state index in [-0.39, 0.29) is 19.2 Å². The van der Waals surface area contributed by atoms with Gasteiger partial charge >= 0.3 is 6.03 Å². The second-order valence-corrected chi connectivity index (χ2v) is 7.06. The van der Waals surface area contributed by atoms with E-state index >= 15 is 0 Å². The number of aromatic nitrogens is 4. The van der Waals surface area contributed by atoms with Crippen LogP contribution < -0.4 is 5.32 Å². The Morgan fingerprint density at radius 1 is 1.39 bits per heavy atom. The molecule has 4 rings (SSSR count). The highest BCUT2D eigenvalue weighted by Gasteiger charge is 2.25. The van der Waals surface area contributed by atoms with Crippen molar-refractivity contribution in [2.75, 3.05) is 20.2 Å². The van der Waals surface area contributed by atoms with Crippen molar-refractivity contribution >= 4 is 17.1 Å². The van der Waals surface area contributed by atoms with Crippen molar-refractivity contribution in [3.63, 3.8) is 0 Å². The predicted molar refractivity (Wildman–Crippen MR) is 101 cm³/mol. The SMILES string of the molecule is COCc1noc(CNC(=O)N2CCC[C@@H](Cc3nc4ccccc4[nH]3)C2)n1. The Bertz CT molecular complexity index is 904. The van der Waals surface area contributed by atoms with Crippen molar-refractivity contribution in [2.45, 2.75) is 32.4 Å². The molecule has 3 heterocycles. The fourth-order valence-corrected chi connectivity index (χ4v) is 3.60. The average molecular weight is 384 g/mol. The summed E-state index contributed by atoms with van der Waals surface area (Å²) < 4.78 is 10.1. The number of para-hydroxylation sites is 2. The number of likely N-dealkylation sites (tertiary alicyclic amines) is 1. The molecule has 0 saturated carbocycles. The molecule has 0 spiro atoms. The lowest BCUT2D eigenvalue weighted by Crippen LogP contribution is -2.45. The van der Waals surface area contributed by atoms with E-state index in [1.54, 1.807) is 7.11 Å². The summed E-state index contributed by atoms with van der Waals surface area (Å²) >= 11 is 0. The number of rotatable bonds is 6. The number of benzene rings is 1. The first-order valence-electron chi connectivity index (χ1n) is 9.48. The Hall–Kier alpha value is -2.94. The molecule has 148 valence electrons. The number of urea groups is 1. The summed E-state index contributed by atoms with van der Waals surface area (Å²) in [5, 5.41) is 6.64. The molecule has 0 radical (unpaired) electrons. The van der Waals surface area contributed by atoms with Crippen molar-refractivity contribution in [3.05, 3.63) is 41.8 Å². The van der Waals surface area contributed by atoms with Crippen LogP contribution in [0.1, 0.15) is 30.4 Å². The summed E-state index contributed by atoms with van der Waals surface area (Å²) in [5.41, 5.74) is 2.03. The first-order chi connectivity index (χ1) is 13.7. The van der Waals surface area contributed by atoms with E-state index in [1.165, 1.54) is 0 Å². The number of ether oxygens (including phenoxy) is 1. The Kier molecular flexibility index (Phi) is 5.52. The van der Waals surface area contributed by atoms with Gasteiger partial charge in [-0.25, -0.2) is 9.78 Å². The highest BCUT2D eigenvalue weighted by Crippen LogP contribution is 2.21. The van der Waals surface area contributed by atoms with Gasteiger partial charge in [0.25, 0.3) is 0 Å². The predicted octanol–water partition coefficient (Wildman–Crippen LogP) is 2.26. The van der Waals surface area contributed by atoms with Crippen LogP contribution in [0.3, 0.4) is 0 Å². The fourth-order valence-electron chi connectivity index (χ4n) is 3.60. The van der Waals surface area contributed by atoms with Crippen molar-refractivity contribution in [1.29, 1.82) is 0 Å². The van der Waals surface area contributed by atoms with Gasteiger partial charge in [0, 0.05) is 26.6 Å². The molecule has 1 atom stereocenters. The largest absolute Gasteiger partial charge is 0.377 e. The molecule has 2 amide bonds. The zero-order valence-electron chi connectivity index (χ0n) is 15.9. The van der Waals surface area contributed by atoms with Gasteiger partial charge in [0.1, 0.15) is 12.4 Å². The Balaban J connectivity index is 1.30. The number of H-pyrrole nitrogens is 1. The fraction of sp³-hybridized carbons (Fsp3) is 0.474. The van der Waals surface area contributed by atoms with E-state index in [1.807, 2.05) is 29.2 Å². The standard InChI is InChI=1S/C19H24N6O3/c1-27-12-17-23-18(28-24-17)10-20-19(26)25-8-4-5-13(11-25)9-16-21-14-6-2-3-7-15(14)22-16/h2-3,6-7,13H,4-5,8-12H2,1H3,(H,20,26)(H,21,22)/t13-/m0/s1. The molecule has 1 aromatic carbocycles. The van der Waals surface area contributed by atoms with Crippen LogP contribution in [0.4, 0.5) is 4.79 Å². The van der Waals surface area contributed by atoms with Crippen LogP contribution in [0.15, 0.2) is 28.8 Å². The van der Waals surface area contributed by atoms with E-state index in [0.717, 1.165) is 42.7 Å². The van der Waals surface area contributed by atoms with Crippen LogP contribution >= 0.6 is 0 Å². The van der Waals surface area contributed by atoms with Crippen molar-refractivity contribution < 1.29 is 14.1 Å². The van der Waals surface area contributed by atoms with Gasteiger partial charge in [0.05, 0.1) is 17.6 Å². The van der Waals surface area contributed by atoms with Gasteiger partial charge in [-0.3, -0.25) is 0 Å². The number of amides is 2. The van der Waals surface area contributed by atoms with E-state index < -0.39 is 0 Å². The zero-order chi connectivity index (χ0) is 19.3. The van der Waals surface area contributed by atoms with Gasteiger partial charge in [-0.15, -0.1) is 0 Å². The molecular weight excluding hydrogens is 360 g/mol. The second-order valence-electron chi connectivity index (χ2n) is 7.06. The molecule has 1 saturated heterocycles. The van der Waals surface area contributed by atoms with Crippen LogP contribution in [-0.4, -0.2) is 51.2 Å². The maximum atomic E-state index is 12.5. The van der Waals surface area contributed by atoms with E-state index in [2.05, 4.69) is 25.4 Å². The molecule has 1 aliphatic heterocycles. The number of aromatic amines is 1. The number of hydrogen-bond acceptors (Lipinski definition) is 6. The molecule has 0 unspecified atom stereocenters. The van der Waals surface area contributed by atoms with Gasteiger partial charge in [0.2, 0.25) is 5.89 Å². The van der Waals surface area contributed by atoms with Gasteiger partial charge in [-0.2, -0.15) is 4.98 Å². The van der Waals surface area contributed by atoms with Crippen LogP contribution in [0, 0.1) is 5.92 Å². The van der Waals surface area contributed by atoms with Gasteiger partial charge in [-0.1, -0.05) is 17.3 Å². The lowest BCUT2D eigenvalue weighted by Gasteiger charge is -2.32. The first-order valence-corrected chi connectivity index (χ1v) is 9.48. The molecule has 0 bridgehead atoms. The third-order valence-electron chi connectivity index (χ3n) is 4.90. The Labute approximate surface area is 162 Å². The summed E-state index contributed by atoms with van der Waals surface area (Å²) in [6.45, 7) is 1.95. The van der Waals surface area contributed by atoms with Gasteiger partial charge in [-0.05, 0) is 30.9 Å². The van der Waals surface area contributed by atoms with Crippen molar-refractivity contribution in [3.8, 4) is 0 Å². The van der Waals surface area contributed by atoms with E-state index in [4.69, 9.17) is 9.26 Å². The van der Waals surface area contributed by atoms with E-state index in [0.29, 0.717) is 24.2 Å². The minimum atomic E-state index is -0.110. The molecule has 9 nitrogen and oxygen atoms in total. The molecule has 9 heteroatoms. The molecular formula is C19H24N6O3. The summed E-state index contributed by atoms with van der Waals surface area (Å²) in [5.74, 6) is 2.20. The molecule has 0 aliphatic carbocycles. The normalized spacial score (nSPS) is 17.2. The number of carbonyl (C=O) groups is 1. The highest BCUT2D eigenvalue weighted by molar-refractivity contribution is 5.75. The average Bonchev–Trinajstić information content (AvgIpc) is 3.32. The summed E-state index contributed by atoms with van der Waals surface area (Å²) in [6.07, 6.45) is 2.91. The van der Waals surface area contributed by atoms with Gasteiger partial charge in [0.15, 0.2) is 5.82 Å². The molecule has 3 aromatic rings. The van der Waals surface area contributed by atoms with Crippen LogP contribution in [-0.2, 0) is 24.3 Å². The van der Waals surface area contributed by atoms with Crippen LogP contribution in [0.25, 0.3) is 11.0 Å². The van der Waals surface area contributed by atoms with Gasteiger partial charge < -0.3 is 24.5 Å². The molecule has 28 heavy (non-hydrogen) atoms. The number of hydrogen-bond donors (Lipinski definition) is 2. The molecule has 1 aliphatic rings. The number of nitrogens with one attached hydrogen (secondary N) is 2. The molecule has 1 fully saturated rings. The first kappa shape index (κ1) is 18.4. The number of imidazole rings is 1. The topological polar surface area (TPSA) is 109 Å². The van der Waals surface area contributed by atoms with Crippen LogP contribution in [0.5, 0.6) is 0 Å². The maximum Gasteiger partial charge on any atom is 0.317 e. The minimum absolute atomic E-state index is 0.110. The smallest absolute Gasteiger partial charge is 0.317 e. The number of fused-ring (bicyclic) bond motifs is 1. The van der Waals surface area contributed by atoms with Crippen LogP contribution in [0.2, 0.25) is 0 Å².